The van der Waals surface area contributed by atoms with E-state index in [1.165, 1.54) is 12.8 Å². The van der Waals surface area contributed by atoms with E-state index in [0.717, 1.165) is 39.8 Å². The van der Waals surface area contributed by atoms with Crippen LogP contribution < -0.4 is 0 Å². The third kappa shape index (κ3) is 3.03. The van der Waals surface area contributed by atoms with Gasteiger partial charge in [0.05, 0.1) is 17.4 Å². The van der Waals surface area contributed by atoms with Crippen LogP contribution in [0.15, 0.2) is 61.1 Å². The molecule has 1 saturated carbocycles. The molecule has 1 aromatic carbocycles. The van der Waals surface area contributed by atoms with Gasteiger partial charge in [-0.25, -0.2) is 4.98 Å². The van der Waals surface area contributed by atoms with Crippen LogP contribution in [0.1, 0.15) is 25.5 Å². The van der Waals surface area contributed by atoms with Crippen LogP contribution in [-0.4, -0.2) is 19.7 Å². The molecule has 5 heteroatoms. The molecule has 0 unspecified atom stereocenters. The van der Waals surface area contributed by atoms with Gasteiger partial charge in [-0.3, -0.25) is 9.67 Å². The summed E-state index contributed by atoms with van der Waals surface area (Å²) < 4.78 is 2.02. The van der Waals surface area contributed by atoms with E-state index in [9.17, 15) is 5.26 Å². The van der Waals surface area contributed by atoms with E-state index >= 15 is 0 Å². The molecule has 0 spiro atoms. The van der Waals surface area contributed by atoms with Crippen LogP contribution in [0.2, 0.25) is 0 Å². The topological polar surface area (TPSA) is 67.4 Å². The Kier molecular flexibility index (Phi) is 3.73. The summed E-state index contributed by atoms with van der Waals surface area (Å²) >= 11 is 0. The Balaban J connectivity index is 1.61. The van der Waals surface area contributed by atoms with E-state index in [-0.39, 0.29) is 0 Å². The number of benzene rings is 1. The average Bonchev–Trinajstić information content (AvgIpc) is 3.28. The molecule has 136 valence electrons. The standard InChI is InChI=1S/C23H19N5/c1-23(8-9-23)15-28-14-18(13-26-28)20-7-6-19(12-24)27-22(20)17-5-4-16-3-2-10-25-21(16)11-17/h2-7,10-11,13-14H,8-9,15H2,1H3. The summed E-state index contributed by atoms with van der Waals surface area (Å²) in [5.41, 5.74) is 5.41. The minimum absolute atomic E-state index is 0.388. The molecular weight excluding hydrogens is 346 g/mol. The minimum atomic E-state index is 0.388. The van der Waals surface area contributed by atoms with Gasteiger partial charge < -0.3 is 0 Å². The molecule has 0 radical (unpaired) electrons. The van der Waals surface area contributed by atoms with Gasteiger partial charge in [-0.15, -0.1) is 0 Å². The number of hydrogen-bond donors (Lipinski definition) is 0. The molecule has 1 fully saturated rings. The summed E-state index contributed by atoms with van der Waals surface area (Å²) in [6.07, 6.45) is 8.27. The molecule has 5 rings (SSSR count). The van der Waals surface area contributed by atoms with Crippen molar-refractivity contribution in [2.45, 2.75) is 26.3 Å². The Labute approximate surface area is 163 Å². The first-order chi connectivity index (χ1) is 13.6. The Hall–Kier alpha value is -3.52. The molecule has 0 amide bonds. The molecular formula is C23H19N5. The van der Waals surface area contributed by atoms with Crippen LogP contribution in [0, 0.1) is 16.7 Å². The molecule has 0 bridgehead atoms. The minimum Gasteiger partial charge on any atom is -0.272 e. The summed E-state index contributed by atoms with van der Waals surface area (Å²) in [5.74, 6) is 0. The average molecular weight is 365 g/mol. The third-order valence-corrected chi connectivity index (χ3v) is 5.48. The summed E-state index contributed by atoms with van der Waals surface area (Å²) in [6, 6.07) is 15.9. The van der Waals surface area contributed by atoms with E-state index in [1.54, 1.807) is 12.3 Å². The highest BCUT2D eigenvalue weighted by Gasteiger charge is 2.37. The van der Waals surface area contributed by atoms with Crippen molar-refractivity contribution in [3.05, 3.63) is 66.7 Å². The fourth-order valence-electron chi connectivity index (χ4n) is 3.54. The van der Waals surface area contributed by atoms with Crippen LogP contribution in [0.4, 0.5) is 0 Å². The second-order valence-electron chi connectivity index (χ2n) is 7.85. The van der Waals surface area contributed by atoms with Crippen LogP contribution in [0.3, 0.4) is 0 Å². The van der Waals surface area contributed by atoms with E-state index in [4.69, 9.17) is 0 Å². The quantitative estimate of drug-likeness (QED) is 0.519. The Morgan fingerprint density at radius 3 is 2.86 bits per heavy atom. The first-order valence-electron chi connectivity index (χ1n) is 9.43. The van der Waals surface area contributed by atoms with Crippen molar-refractivity contribution in [1.82, 2.24) is 19.7 Å². The van der Waals surface area contributed by atoms with E-state index in [0.29, 0.717) is 11.1 Å². The fraction of sp³-hybridized carbons (Fsp3) is 0.217. The zero-order chi connectivity index (χ0) is 19.1. The third-order valence-electron chi connectivity index (χ3n) is 5.48. The van der Waals surface area contributed by atoms with Crippen LogP contribution in [0.5, 0.6) is 0 Å². The predicted octanol–water partition coefficient (Wildman–Crippen LogP) is 4.83. The lowest BCUT2D eigenvalue weighted by Crippen LogP contribution is -2.07. The van der Waals surface area contributed by atoms with Crippen molar-refractivity contribution in [3.63, 3.8) is 0 Å². The maximum atomic E-state index is 9.34. The summed E-state index contributed by atoms with van der Waals surface area (Å²) in [5, 5.41) is 15.0. The van der Waals surface area contributed by atoms with Gasteiger partial charge in [0.1, 0.15) is 11.8 Å². The van der Waals surface area contributed by atoms with Gasteiger partial charge in [0, 0.05) is 41.0 Å². The normalized spacial score (nSPS) is 14.7. The number of hydrogen-bond acceptors (Lipinski definition) is 4. The maximum absolute atomic E-state index is 9.34. The molecule has 0 atom stereocenters. The highest BCUT2D eigenvalue weighted by molar-refractivity contribution is 5.87. The SMILES string of the molecule is CC1(Cn2cc(-c3ccc(C#N)nc3-c3ccc4cccnc4c3)cn2)CC1. The number of fused-ring (bicyclic) bond motifs is 1. The highest BCUT2D eigenvalue weighted by Crippen LogP contribution is 2.46. The summed E-state index contributed by atoms with van der Waals surface area (Å²) in [6.45, 7) is 3.23. The maximum Gasteiger partial charge on any atom is 0.141 e. The van der Waals surface area contributed by atoms with Crippen molar-refractivity contribution in [1.29, 1.82) is 5.26 Å². The van der Waals surface area contributed by atoms with Crippen molar-refractivity contribution in [2.75, 3.05) is 0 Å². The van der Waals surface area contributed by atoms with Gasteiger partial charge in [0.2, 0.25) is 0 Å². The molecule has 1 aliphatic carbocycles. The number of rotatable bonds is 4. The number of nitriles is 1. The zero-order valence-corrected chi connectivity index (χ0v) is 15.6. The van der Waals surface area contributed by atoms with Gasteiger partial charge >= 0.3 is 0 Å². The lowest BCUT2D eigenvalue weighted by molar-refractivity contribution is 0.433. The van der Waals surface area contributed by atoms with Crippen LogP contribution >= 0.6 is 0 Å². The molecule has 5 nitrogen and oxygen atoms in total. The van der Waals surface area contributed by atoms with Crippen molar-refractivity contribution < 1.29 is 0 Å². The lowest BCUT2D eigenvalue weighted by Gasteiger charge is -2.09. The van der Waals surface area contributed by atoms with Crippen LogP contribution in [0.25, 0.3) is 33.3 Å². The van der Waals surface area contributed by atoms with E-state index in [2.05, 4.69) is 34.3 Å². The van der Waals surface area contributed by atoms with Crippen molar-refractivity contribution in [3.8, 4) is 28.5 Å². The molecule has 0 N–H and O–H groups in total. The molecule has 4 aromatic rings. The number of pyridine rings is 2. The van der Waals surface area contributed by atoms with E-state index < -0.39 is 0 Å². The fourth-order valence-corrected chi connectivity index (χ4v) is 3.54. The monoisotopic (exact) mass is 365 g/mol. The van der Waals surface area contributed by atoms with Gasteiger partial charge in [0.25, 0.3) is 0 Å². The molecule has 3 aromatic heterocycles. The van der Waals surface area contributed by atoms with E-state index in [1.807, 2.05) is 47.3 Å². The largest absolute Gasteiger partial charge is 0.272 e. The zero-order valence-electron chi connectivity index (χ0n) is 15.6. The van der Waals surface area contributed by atoms with Gasteiger partial charge in [0.15, 0.2) is 0 Å². The summed E-state index contributed by atoms with van der Waals surface area (Å²) in [7, 11) is 0. The Morgan fingerprint density at radius 2 is 2.04 bits per heavy atom. The second-order valence-corrected chi connectivity index (χ2v) is 7.85. The molecule has 3 heterocycles. The Bertz CT molecular complexity index is 1230. The highest BCUT2D eigenvalue weighted by atomic mass is 15.3. The first kappa shape index (κ1) is 16.6. The molecule has 28 heavy (non-hydrogen) atoms. The van der Waals surface area contributed by atoms with Gasteiger partial charge in [-0.1, -0.05) is 25.1 Å². The Morgan fingerprint density at radius 1 is 1.14 bits per heavy atom. The van der Waals surface area contributed by atoms with Gasteiger partial charge in [-0.05, 0) is 42.5 Å². The number of nitrogens with zero attached hydrogens (tertiary/aromatic N) is 5. The smallest absolute Gasteiger partial charge is 0.141 e. The molecule has 0 saturated heterocycles. The lowest BCUT2D eigenvalue weighted by atomic mass is 10.00. The summed E-state index contributed by atoms with van der Waals surface area (Å²) in [4.78, 5) is 9.07. The first-order valence-corrected chi connectivity index (χ1v) is 9.43. The molecule has 1 aliphatic rings. The molecule has 0 aliphatic heterocycles. The van der Waals surface area contributed by atoms with Crippen molar-refractivity contribution >= 4 is 10.9 Å². The van der Waals surface area contributed by atoms with Crippen LogP contribution in [-0.2, 0) is 6.54 Å². The second kappa shape index (κ2) is 6.28. The van der Waals surface area contributed by atoms with Crippen molar-refractivity contribution in [2.24, 2.45) is 5.41 Å². The predicted molar refractivity (Wildman–Crippen MR) is 108 cm³/mol. The number of aromatic nitrogens is 4. The van der Waals surface area contributed by atoms with Gasteiger partial charge in [-0.2, -0.15) is 10.4 Å².